The van der Waals surface area contributed by atoms with Gasteiger partial charge in [0.15, 0.2) is 0 Å². The number of nitrogens with zero attached hydrogens (tertiary/aromatic N) is 1. The van der Waals surface area contributed by atoms with E-state index in [1.807, 2.05) is 6.26 Å². The quantitative estimate of drug-likeness (QED) is 0.279. The monoisotopic (exact) mass is 559 g/mol. The molecule has 2 rings (SSSR count). The van der Waals surface area contributed by atoms with Crippen molar-refractivity contribution in [2.75, 3.05) is 25.2 Å². The highest BCUT2D eigenvalue weighted by Gasteiger charge is 2.42. The van der Waals surface area contributed by atoms with Gasteiger partial charge in [0.2, 0.25) is 11.8 Å². The maximum absolute atomic E-state index is 14.2. The Hall–Kier alpha value is -3.19. The van der Waals surface area contributed by atoms with E-state index < -0.39 is 35.7 Å². The Bertz CT molecular complexity index is 1040. The summed E-state index contributed by atoms with van der Waals surface area (Å²) in [6, 6.07) is 4.85. The molecule has 0 spiro atoms. The Morgan fingerprint density at radius 2 is 1.90 bits per heavy atom. The summed E-state index contributed by atoms with van der Waals surface area (Å²) in [6.07, 6.45) is 9.72. The smallest absolute Gasteiger partial charge is 0.408 e. The van der Waals surface area contributed by atoms with Crippen LogP contribution in [0.3, 0.4) is 0 Å². The van der Waals surface area contributed by atoms with Gasteiger partial charge in [-0.3, -0.25) is 14.4 Å². The van der Waals surface area contributed by atoms with Crippen LogP contribution in [-0.2, 0) is 23.9 Å². The second kappa shape index (κ2) is 15.4. The Kier molecular flexibility index (Phi) is 12.7. The highest BCUT2D eigenvalue weighted by atomic mass is 32.2. The predicted octanol–water partition coefficient (Wildman–Crippen LogP) is 3.81. The van der Waals surface area contributed by atoms with Gasteiger partial charge in [-0.05, 0) is 77.0 Å². The van der Waals surface area contributed by atoms with Crippen molar-refractivity contribution >= 4 is 35.6 Å². The standard InChI is InChI=1S/C29H41N3O6S/c1-7-20-12-9-10-15-22(20)25(26(34)30-18-16-24(33)37-8-2)32(21-13-11-14-21)27(35)23(17-19-39-6)31-28(36)38-29(3,4)5/h1,9-10,12,15,21,23,25H,8,11,13-14,16-19H2,2-6H3,(H,30,34)(H,31,36). The fourth-order valence-electron chi connectivity index (χ4n) is 4.21. The highest BCUT2D eigenvalue weighted by molar-refractivity contribution is 7.98. The summed E-state index contributed by atoms with van der Waals surface area (Å²) < 4.78 is 10.4. The molecule has 214 valence electrons. The van der Waals surface area contributed by atoms with E-state index in [4.69, 9.17) is 15.9 Å². The highest BCUT2D eigenvalue weighted by Crippen LogP contribution is 2.35. The molecule has 1 aliphatic rings. The number of thioether (sulfide) groups is 1. The van der Waals surface area contributed by atoms with E-state index in [2.05, 4.69) is 16.6 Å². The maximum atomic E-state index is 14.2. The molecular weight excluding hydrogens is 518 g/mol. The minimum Gasteiger partial charge on any atom is -0.466 e. The predicted molar refractivity (Wildman–Crippen MR) is 152 cm³/mol. The molecule has 1 fully saturated rings. The number of carbonyl (C=O) groups is 4. The first-order valence-corrected chi connectivity index (χ1v) is 14.7. The number of alkyl carbamates (subject to hydrolysis) is 1. The summed E-state index contributed by atoms with van der Waals surface area (Å²) in [5.41, 5.74) is 0.258. The van der Waals surface area contributed by atoms with E-state index in [0.717, 1.165) is 19.3 Å². The van der Waals surface area contributed by atoms with Crippen molar-refractivity contribution in [2.24, 2.45) is 0 Å². The number of hydrogen-bond donors (Lipinski definition) is 2. The lowest BCUT2D eigenvalue weighted by molar-refractivity contribution is -0.148. The molecule has 0 aromatic heterocycles. The van der Waals surface area contributed by atoms with Crippen LogP contribution >= 0.6 is 11.8 Å². The third-order valence-corrected chi connectivity index (χ3v) is 6.84. The Labute approximate surface area is 236 Å². The number of amides is 3. The van der Waals surface area contributed by atoms with Gasteiger partial charge in [0.1, 0.15) is 17.7 Å². The largest absolute Gasteiger partial charge is 0.466 e. The number of rotatable bonds is 13. The Morgan fingerprint density at radius 3 is 2.46 bits per heavy atom. The van der Waals surface area contributed by atoms with Crippen LogP contribution in [0.2, 0.25) is 0 Å². The zero-order chi connectivity index (χ0) is 29.0. The molecule has 39 heavy (non-hydrogen) atoms. The molecule has 1 saturated carbocycles. The molecule has 1 aromatic rings. The molecule has 1 aliphatic carbocycles. The number of hydrogen-bond acceptors (Lipinski definition) is 7. The summed E-state index contributed by atoms with van der Waals surface area (Å²) >= 11 is 1.55. The number of terminal acetylenes is 1. The van der Waals surface area contributed by atoms with Crippen molar-refractivity contribution in [1.82, 2.24) is 15.5 Å². The Balaban J connectivity index is 2.46. The number of esters is 1. The van der Waals surface area contributed by atoms with Crippen LogP contribution in [0.4, 0.5) is 4.79 Å². The van der Waals surface area contributed by atoms with Crippen LogP contribution in [0.15, 0.2) is 24.3 Å². The fraction of sp³-hybridized carbons (Fsp3) is 0.586. The second-order valence-electron chi connectivity index (χ2n) is 10.3. The lowest BCUT2D eigenvalue weighted by atomic mass is 9.87. The van der Waals surface area contributed by atoms with Gasteiger partial charge in [0.25, 0.3) is 0 Å². The van der Waals surface area contributed by atoms with Crippen molar-refractivity contribution in [3.05, 3.63) is 35.4 Å². The zero-order valence-electron chi connectivity index (χ0n) is 23.6. The molecule has 0 radical (unpaired) electrons. The minimum atomic E-state index is -1.05. The van der Waals surface area contributed by atoms with Crippen LogP contribution in [0, 0.1) is 12.3 Å². The molecule has 0 saturated heterocycles. The molecule has 0 aliphatic heterocycles. The van der Waals surface area contributed by atoms with Gasteiger partial charge >= 0.3 is 12.1 Å². The van der Waals surface area contributed by atoms with Crippen molar-refractivity contribution < 1.29 is 28.7 Å². The van der Waals surface area contributed by atoms with Crippen molar-refractivity contribution in [1.29, 1.82) is 0 Å². The summed E-state index contributed by atoms with van der Waals surface area (Å²) in [6.45, 7) is 7.25. The first-order valence-electron chi connectivity index (χ1n) is 13.3. The molecule has 9 nitrogen and oxygen atoms in total. The lowest BCUT2D eigenvalue weighted by Gasteiger charge is -2.43. The van der Waals surface area contributed by atoms with Crippen LogP contribution in [-0.4, -0.2) is 71.6 Å². The van der Waals surface area contributed by atoms with Crippen LogP contribution in [0.1, 0.15) is 77.0 Å². The number of carbonyl (C=O) groups excluding carboxylic acids is 4. The van der Waals surface area contributed by atoms with Gasteiger partial charge in [0, 0.05) is 18.2 Å². The summed E-state index contributed by atoms with van der Waals surface area (Å²) in [5.74, 6) is 1.98. The third-order valence-electron chi connectivity index (χ3n) is 6.19. The summed E-state index contributed by atoms with van der Waals surface area (Å²) in [4.78, 5) is 54.1. The van der Waals surface area contributed by atoms with Gasteiger partial charge in [-0.15, -0.1) is 6.42 Å². The molecule has 0 heterocycles. The van der Waals surface area contributed by atoms with E-state index in [-0.39, 0.29) is 31.5 Å². The van der Waals surface area contributed by atoms with Gasteiger partial charge in [-0.25, -0.2) is 4.79 Å². The fourth-order valence-corrected chi connectivity index (χ4v) is 4.68. The second-order valence-corrected chi connectivity index (χ2v) is 11.3. The molecule has 1 aromatic carbocycles. The molecule has 2 atom stereocenters. The SMILES string of the molecule is C#Cc1ccccc1C(C(=O)NCCC(=O)OCC)N(C(=O)C(CCSC)NC(=O)OC(C)(C)C)C1CCC1. The molecule has 10 heteroatoms. The van der Waals surface area contributed by atoms with Gasteiger partial charge in [-0.1, -0.05) is 24.1 Å². The topological polar surface area (TPSA) is 114 Å². The maximum Gasteiger partial charge on any atom is 0.408 e. The first kappa shape index (κ1) is 32.0. The average molecular weight is 560 g/mol. The molecule has 2 N–H and O–H groups in total. The summed E-state index contributed by atoms with van der Waals surface area (Å²) in [7, 11) is 0. The van der Waals surface area contributed by atoms with E-state index in [1.165, 1.54) is 0 Å². The van der Waals surface area contributed by atoms with E-state index in [9.17, 15) is 19.2 Å². The van der Waals surface area contributed by atoms with Gasteiger partial charge in [-0.2, -0.15) is 11.8 Å². The third kappa shape index (κ3) is 9.81. The normalized spacial score (nSPS) is 14.7. The van der Waals surface area contributed by atoms with E-state index in [0.29, 0.717) is 23.3 Å². The zero-order valence-corrected chi connectivity index (χ0v) is 24.4. The first-order chi connectivity index (χ1) is 18.5. The van der Waals surface area contributed by atoms with Crippen LogP contribution in [0.25, 0.3) is 0 Å². The average Bonchev–Trinajstić information content (AvgIpc) is 2.84. The molecule has 3 amide bonds. The number of nitrogens with one attached hydrogen (secondary N) is 2. The van der Waals surface area contributed by atoms with Crippen LogP contribution < -0.4 is 10.6 Å². The lowest BCUT2D eigenvalue weighted by Crippen LogP contribution is -2.57. The summed E-state index contributed by atoms with van der Waals surface area (Å²) in [5, 5.41) is 5.53. The van der Waals surface area contributed by atoms with Gasteiger partial charge in [0.05, 0.1) is 13.0 Å². The van der Waals surface area contributed by atoms with E-state index in [1.54, 1.807) is 68.6 Å². The van der Waals surface area contributed by atoms with Crippen LogP contribution in [0.5, 0.6) is 0 Å². The van der Waals surface area contributed by atoms with Crippen molar-refractivity contribution in [2.45, 2.75) is 83.5 Å². The molecular formula is C29H41N3O6S. The number of ether oxygens (including phenoxy) is 2. The minimum absolute atomic E-state index is 0.00297. The van der Waals surface area contributed by atoms with Crippen molar-refractivity contribution in [3.8, 4) is 12.3 Å². The van der Waals surface area contributed by atoms with Gasteiger partial charge < -0.3 is 25.0 Å². The van der Waals surface area contributed by atoms with Crippen molar-refractivity contribution in [3.63, 3.8) is 0 Å². The van der Waals surface area contributed by atoms with E-state index >= 15 is 0 Å². The molecule has 0 bridgehead atoms. The Morgan fingerprint density at radius 1 is 1.21 bits per heavy atom. The number of benzene rings is 1. The molecule has 2 unspecified atom stereocenters.